The summed E-state index contributed by atoms with van der Waals surface area (Å²) in [4.78, 5) is 13.7. The molecular weight excluding hydrogens is 344 g/mol. The Balaban J connectivity index is 1.48. The second-order valence-corrected chi connectivity index (χ2v) is 6.45. The highest BCUT2D eigenvalue weighted by Crippen LogP contribution is 2.22. The van der Waals surface area contributed by atoms with Gasteiger partial charge in [0.1, 0.15) is 5.69 Å². The Morgan fingerprint density at radius 1 is 1.15 bits per heavy atom. The van der Waals surface area contributed by atoms with Crippen LogP contribution < -0.4 is 4.90 Å². The Hall–Kier alpha value is -3.19. The van der Waals surface area contributed by atoms with Crippen LogP contribution in [0.3, 0.4) is 0 Å². The van der Waals surface area contributed by atoms with Crippen molar-refractivity contribution in [3.8, 4) is 11.3 Å². The van der Waals surface area contributed by atoms with E-state index < -0.39 is 5.97 Å². The molecule has 1 unspecified atom stereocenters. The van der Waals surface area contributed by atoms with Crippen molar-refractivity contribution < 1.29 is 14.6 Å². The first kappa shape index (κ1) is 17.2. The van der Waals surface area contributed by atoms with Gasteiger partial charge < -0.3 is 14.7 Å². The average molecular weight is 364 g/mol. The molecule has 0 radical (unpaired) electrons. The summed E-state index contributed by atoms with van der Waals surface area (Å²) in [6.45, 7) is 2.84. The molecule has 0 spiro atoms. The van der Waals surface area contributed by atoms with Gasteiger partial charge in [-0.1, -0.05) is 41.6 Å². The third kappa shape index (κ3) is 3.83. The summed E-state index contributed by atoms with van der Waals surface area (Å²) < 4.78 is 7.60. The van der Waals surface area contributed by atoms with E-state index in [1.54, 1.807) is 35.1 Å². The average Bonchev–Trinajstić information content (AvgIpc) is 3.17. The number of morpholine rings is 1. The van der Waals surface area contributed by atoms with Gasteiger partial charge in [0.25, 0.3) is 0 Å². The number of aromatic carboxylic acids is 1. The molecule has 3 aromatic rings. The second kappa shape index (κ2) is 7.59. The number of carboxylic acids is 1. The van der Waals surface area contributed by atoms with E-state index >= 15 is 0 Å². The number of ether oxygens (including phenoxy) is 1. The van der Waals surface area contributed by atoms with Crippen LogP contribution in [0.2, 0.25) is 0 Å². The lowest BCUT2D eigenvalue weighted by molar-refractivity contribution is 0.0271. The highest BCUT2D eigenvalue weighted by Gasteiger charge is 2.22. The summed E-state index contributed by atoms with van der Waals surface area (Å²) in [5.74, 6) is -0.978. The molecule has 1 saturated heterocycles. The van der Waals surface area contributed by atoms with Crippen LogP contribution in [0.5, 0.6) is 0 Å². The molecule has 7 nitrogen and oxygen atoms in total. The van der Waals surface area contributed by atoms with Crippen molar-refractivity contribution in [1.82, 2.24) is 15.0 Å². The molecule has 0 aliphatic carbocycles. The highest BCUT2D eigenvalue weighted by atomic mass is 16.5. The van der Waals surface area contributed by atoms with E-state index in [1.807, 2.05) is 18.2 Å². The van der Waals surface area contributed by atoms with Crippen molar-refractivity contribution in [3.63, 3.8) is 0 Å². The van der Waals surface area contributed by atoms with Crippen molar-refractivity contribution in [2.45, 2.75) is 12.6 Å². The molecule has 1 fully saturated rings. The summed E-state index contributed by atoms with van der Waals surface area (Å²) in [7, 11) is 0. The van der Waals surface area contributed by atoms with E-state index in [0.29, 0.717) is 24.4 Å². The first-order chi connectivity index (χ1) is 13.2. The molecule has 0 saturated carbocycles. The number of aromatic nitrogens is 3. The second-order valence-electron chi connectivity index (χ2n) is 6.45. The van der Waals surface area contributed by atoms with Crippen LogP contribution in [-0.2, 0) is 11.3 Å². The predicted molar refractivity (Wildman–Crippen MR) is 101 cm³/mol. The van der Waals surface area contributed by atoms with E-state index in [-0.39, 0.29) is 11.7 Å². The molecule has 1 N–H and O–H groups in total. The van der Waals surface area contributed by atoms with Crippen molar-refractivity contribution in [1.29, 1.82) is 0 Å². The minimum atomic E-state index is -0.978. The molecule has 27 heavy (non-hydrogen) atoms. The quantitative estimate of drug-likeness (QED) is 0.749. The van der Waals surface area contributed by atoms with E-state index in [1.165, 1.54) is 5.69 Å². The van der Waals surface area contributed by atoms with Gasteiger partial charge in [-0.2, -0.15) is 0 Å². The number of para-hydroxylation sites is 1. The minimum Gasteiger partial charge on any atom is -0.478 e. The monoisotopic (exact) mass is 364 g/mol. The largest absolute Gasteiger partial charge is 0.478 e. The number of hydrogen-bond donors (Lipinski definition) is 1. The zero-order chi connectivity index (χ0) is 18.6. The van der Waals surface area contributed by atoms with Crippen molar-refractivity contribution in [2.24, 2.45) is 0 Å². The number of benzene rings is 2. The Morgan fingerprint density at radius 2 is 1.93 bits per heavy atom. The standard InChI is InChI=1S/C20H20N4O3/c25-20(26)18-9-5-4-8-17(18)19-14-24(22-21-19)13-16-12-23(10-11-27-16)15-6-2-1-3-7-15/h1-9,14,16H,10-13H2,(H,25,26). The topological polar surface area (TPSA) is 80.5 Å². The first-order valence-corrected chi connectivity index (χ1v) is 8.85. The fourth-order valence-corrected chi connectivity index (χ4v) is 3.32. The van der Waals surface area contributed by atoms with Gasteiger partial charge in [0.05, 0.1) is 31.0 Å². The Morgan fingerprint density at radius 3 is 2.74 bits per heavy atom. The normalized spacial score (nSPS) is 17.0. The van der Waals surface area contributed by atoms with E-state index in [2.05, 4.69) is 27.3 Å². The molecular formula is C20H20N4O3. The molecule has 0 bridgehead atoms. The van der Waals surface area contributed by atoms with E-state index in [4.69, 9.17) is 4.74 Å². The summed E-state index contributed by atoms with van der Waals surface area (Å²) in [5, 5.41) is 17.7. The van der Waals surface area contributed by atoms with Crippen LogP contribution in [-0.4, -0.2) is 51.9 Å². The Kier molecular flexibility index (Phi) is 4.84. The van der Waals surface area contributed by atoms with Gasteiger partial charge in [-0.25, -0.2) is 9.48 Å². The molecule has 4 rings (SSSR count). The number of anilines is 1. The molecule has 0 amide bonds. The van der Waals surface area contributed by atoms with Gasteiger partial charge in [0.2, 0.25) is 0 Å². The number of nitrogens with zero attached hydrogens (tertiary/aromatic N) is 4. The molecule has 138 valence electrons. The summed E-state index contributed by atoms with van der Waals surface area (Å²) in [6.07, 6.45) is 1.76. The minimum absolute atomic E-state index is 0.0109. The third-order valence-corrected chi connectivity index (χ3v) is 4.62. The number of carboxylic acid groups (broad SMARTS) is 1. The van der Waals surface area contributed by atoms with Gasteiger partial charge in [-0.15, -0.1) is 5.10 Å². The SMILES string of the molecule is O=C(O)c1ccccc1-c1cn(CC2CN(c3ccccc3)CCO2)nn1. The maximum Gasteiger partial charge on any atom is 0.336 e. The molecule has 2 aromatic carbocycles. The number of rotatable bonds is 5. The number of carbonyl (C=O) groups is 1. The van der Waals surface area contributed by atoms with Crippen LogP contribution in [0.1, 0.15) is 10.4 Å². The zero-order valence-electron chi connectivity index (χ0n) is 14.7. The maximum absolute atomic E-state index is 11.4. The van der Waals surface area contributed by atoms with E-state index in [0.717, 1.165) is 13.1 Å². The van der Waals surface area contributed by atoms with E-state index in [9.17, 15) is 9.90 Å². The smallest absolute Gasteiger partial charge is 0.336 e. The lowest BCUT2D eigenvalue weighted by atomic mass is 10.1. The fourth-order valence-electron chi connectivity index (χ4n) is 3.32. The van der Waals surface area contributed by atoms with Crippen LogP contribution in [0, 0.1) is 0 Å². The molecule has 1 atom stereocenters. The van der Waals surface area contributed by atoms with Crippen LogP contribution in [0.4, 0.5) is 5.69 Å². The Labute approximate surface area is 156 Å². The van der Waals surface area contributed by atoms with Crippen molar-refractivity contribution in [3.05, 3.63) is 66.4 Å². The maximum atomic E-state index is 11.4. The number of hydrogen-bond acceptors (Lipinski definition) is 5. The fraction of sp³-hybridized carbons (Fsp3) is 0.250. The molecule has 7 heteroatoms. The Bertz CT molecular complexity index is 926. The van der Waals surface area contributed by atoms with Gasteiger partial charge in [0, 0.05) is 24.3 Å². The highest BCUT2D eigenvalue weighted by molar-refractivity contribution is 5.95. The van der Waals surface area contributed by atoms with Gasteiger partial charge in [-0.3, -0.25) is 0 Å². The lowest BCUT2D eigenvalue weighted by Crippen LogP contribution is -2.44. The summed E-state index contributed by atoms with van der Waals surface area (Å²) in [6, 6.07) is 17.1. The van der Waals surface area contributed by atoms with Crippen LogP contribution >= 0.6 is 0 Å². The molecule has 1 aromatic heterocycles. The van der Waals surface area contributed by atoms with Gasteiger partial charge >= 0.3 is 5.97 Å². The van der Waals surface area contributed by atoms with Crippen LogP contribution in [0.25, 0.3) is 11.3 Å². The summed E-state index contributed by atoms with van der Waals surface area (Å²) >= 11 is 0. The van der Waals surface area contributed by atoms with Crippen molar-refractivity contribution in [2.75, 3.05) is 24.6 Å². The summed E-state index contributed by atoms with van der Waals surface area (Å²) in [5.41, 5.74) is 2.50. The first-order valence-electron chi connectivity index (χ1n) is 8.85. The predicted octanol–water partition coefficient (Wildman–Crippen LogP) is 2.55. The zero-order valence-corrected chi connectivity index (χ0v) is 14.7. The van der Waals surface area contributed by atoms with Gasteiger partial charge in [0.15, 0.2) is 0 Å². The lowest BCUT2D eigenvalue weighted by Gasteiger charge is -2.34. The van der Waals surface area contributed by atoms with Crippen molar-refractivity contribution >= 4 is 11.7 Å². The molecule has 1 aliphatic rings. The van der Waals surface area contributed by atoms with Crippen LogP contribution in [0.15, 0.2) is 60.8 Å². The third-order valence-electron chi connectivity index (χ3n) is 4.62. The molecule has 2 heterocycles. The molecule has 1 aliphatic heterocycles. The van der Waals surface area contributed by atoms with Gasteiger partial charge in [-0.05, 0) is 18.2 Å².